The molecule has 2 N–H and O–H groups in total. The lowest BCUT2D eigenvalue weighted by Gasteiger charge is -2.12. The number of carbonyl (C=O) groups is 1. The molecule has 3 rings (SSSR count). The standard InChI is InChI=1S/C17H21BrN4O2.ClH/c18-14-5-3-13(4-6-14)12-22-16(7-8-20-22)21-17(23)11-19-10-15-2-1-9-24-15;/h3-8,15,19H,1-2,9-12H2,(H,21,23);1H. The van der Waals surface area contributed by atoms with Crippen molar-refractivity contribution >= 4 is 40.1 Å². The summed E-state index contributed by atoms with van der Waals surface area (Å²) in [7, 11) is 0. The highest BCUT2D eigenvalue weighted by Gasteiger charge is 2.15. The summed E-state index contributed by atoms with van der Waals surface area (Å²) in [5, 5.41) is 10.3. The van der Waals surface area contributed by atoms with Gasteiger partial charge in [0, 0.05) is 23.7 Å². The van der Waals surface area contributed by atoms with E-state index in [-0.39, 0.29) is 31.0 Å². The van der Waals surface area contributed by atoms with Crippen LogP contribution in [-0.2, 0) is 16.1 Å². The summed E-state index contributed by atoms with van der Waals surface area (Å²) in [6.07, 6.45) is 4.09. The number of rotatable bonds is 7. The number of carbonyl (C=O) groups excluding carboxylic acids is 1. The third-order valence-corrected chi connectivity index (χ3v) is 4.44. The molecule has 0 saturated carbocycles. The predicted octanol–water partition coefficient (Wildman–Crippen LogP) is 2.82. The minimum absolute atomic E-state index is 0. The zero-order valence-corrected chi connectivity index (χ0v) is 16.2. The molecule has 8 heteroatoms. The summed E-state index contributed by atoms with van der Waals surface area (Å²) < 4.78 is 8.34. The first-order chi connectivity index (χ1) is 11.7. The summed E-state index contributed by atoms with van der Waals surface area (Å²) in [6.45, 7) is 2.42. The quantitative estimate of drug-likeness (QED) is 0.710. The molecular weight excluding hydrogens is 408 g/mol. The lowest BCUT2D eigenvalue weighted by atomic mass is 10.2. The molecule has 1 aliphatic rings. The van der Waals surface area contributed by atoms with Crippen molar-refractivity contribution in [2.24, 2.45) is 0 Å². The zero-order valence-electron chi connectivity index (χ0n) is 13.8. The van der Waals surface area contributed by atoms with Gasteiger partial charge < -0.3 is 15.4 Å². The molecule has 0 spiro atoms. The highest BCUT2D eigenvalue weighted by molar-refractivity contribution is 9.10. The van der Waals surface area contributed by atoms with Gasteiger partial charge in [-0.3, -0.25) is 4.79 Å². The summed E-state index contributed by atoms with van der Waals surface area (Å²) in [4.78, 5) is 12.1. The van der Waals surface area contributed by atoms with Crippen LogP contribution in [-0.4, -0.2) is 41.5 Å². The summed E-state index contributed by atoms with van der Waals surface area (Å²) >= 11 is 3.42. The summed E-state index contributed by atoms with van der Waals surface area (Å²) in [5.41, 5.74) is 1.12. The van der Waals surface area contributed by atoms with Crippen LogP contribution >= 0.6 is 28.3 Å². The summed E-state index contributed by atoms with van der Waals surface area (Å²) in [6, 6.07) is 9.84. The predicted molar refractivity (Wildman–Crippen MR) is 103 cm³/mol. The summed E-state index contributed by atoms with van der Waals surface area (Å²) in [5.74, 6) is 0.618. The Morgan fingerprint density at radius 2 is 2.12 bits per heavy atom. The van der Waals surface area contributed by atoms with Crippen molar-refractivity contribution in [3.05, 3.63) is 46.6 Å². The van der Waals surface area contributed by atoms with Crippen LogP contribution in [0.15, 0.2) is 41.0 Å². The molecule has 25 heavy (non-hydrogen) atoms. The molecule has 1 unspecified atom stereocenters. The molecule has 1 atom stereocenters. The molecule has 1 aromatic carbocycles. The number of aromatic nitrogens is 2. The van der Waals surface area contributed by atoms with Gasteiger partial charge in [-0.25, -0.2) is 4.68 Å². The van der Waals surface area contributed by atoms with Gasteiger partial charge >= 0.3 is 0 Å². The van der Waals surface area contributed by atoms with Crippen LogP contribution in [0, 0.1) is 0 Å². The fraction of sp³-hybridized carbons (Fsp3) is 0.412. The van der Waals surface area contributed by atoms with Crippen LogP contribution in [0.2, 0.25) is 0 Å². The van der Waals surface area contributed by atoms with E-state index in [2.05, 4.69) is 31.7 Å². The number of nitrogens with one attached hydrogen (secondary N) is 2. The highest BCUT2D eigenvalue weighted by Crippen LogP contribution is 2.14. The monoisotopic (exact) mass is 428 g/mol. The molecule has 2 aromatic rings. The lowest BCUT2D eigenvalue weighted by Crippen LogP contribution is -2.34. The van der Waals surface area contributed by atoms with E-state index in [4.69, 9.17) is 4.74 Å². The van der Waals surface area contributed by atoms with Gasteiger partial charge in [0.05, 0.1) is 25.4 Å². The first-order valence-electron chi connectivity index (χ1n) is 8.09. The van der Waals surface area contributed by atoms with E-state index in [1.165, 1.54) is 0 Å². The number of hydrogen-bond donors (Lipinski definition) is 2. The highest BCUT2D eigenvalue weighted by atomic mass is 79.9. The third-order valence-electron chi connectivity index (χ3n) is 3.91. The first-order valence-corrected chi connectivity index (χ1v) is 8.88. The Hall–Kier alpha value is -1.41. The molecule has 1 aromatic heterocycles. The molecular formula is C17H22BrClN4O2. The molecule has 6 nitrogen and oxygen atoms in total. The van der Waals surface area contributed by atoms with Crippen molar-refractivity contribution in [1.82, 2.24) is 15.1 Å². The number of hydrogen-bond acceptors (Lipinski definition) is 4. The Morgan fingerprint density at radius 1 is 1.32 bits per heavy atom. The average Bonchev–Trinajstić information content (AvgIpc) is 3.22. The Bertz CT molecular complexity index is 672. The fourth-order valence-electron chi connectivity index (χ4n) is 2.67. The molecule has 0 aliphatic carbocycles. The molecule has 0 radical (unpaired) electrons. The molecule has 0 bridgehead atoms. The van der Waals surface area contributed by atoms with Crippen LogP contribution in [0.25, 0.3) is 0 Å². The van der Waals surface area contributed by atoms with Crippen molar-refractivity contribution < 1.29 is 9.53 Å². The molecule has 1 saturated heterocycles. The van der Waals surface area contributed by atoms with Crippen LogP contribution in [0.1, 0.15) is 18.4 Å². The molecule has 1 fully saturated rings. The van der Waals surface area contributed by atoms with Crippen LogP contribution in [0.4, 0.5) is 5.82 Å². The van der Waals surface area contributed by atoms with Gasteiger partial charge in [-0.05, 0) is 30.5 Å². The minimum Gasteiger partial charge on any atom is -0.377 e. The topological polar surface area (TPSA) is 68.2 Å². The molecule has 1 aliphatic heterocycles. The second-order valence-electron chi connectivity index (χ2n) is 5.81. The van der Waals surface area contributed by atoms with Gasteiger partial charge in [0.25, 0.3) is 0 Å². The zero-order chi connectivity index (χ0) is 16.8. The van der Waals surface area contributed by atoms with E-state index in [1.54, 1.807) is 16.9 Å². The van der Waals surface area contributed by atoms with Gasteiger partial charge in [-0.15, -0.1) is 12.4 Å². The van der Waals surface area contributed by atoms with Crippen LogP contribution < -0.4 is 10.6 Å². The third kappa shape index (κ3) is 6.11. The van der Waals surface area contributed by atoms with Crippen molar-refractivity contribution in [2.45, 2.75) is 25.5 Å². The lowest BCUT2D eigenvalue weighted by molar-refractivity contribution is -0.115. The van der Waals surface area contributed by atoms with Gasteiger partial charge in [-0.1, -0.05) is 28.1 Å². The van der Waals surface area contributed by atoms with Crippen molar-refractivity contribution in [3.8, 4) is 0 Å². The number of benzene rings is 1. The van der Waals surface area contributed by atoms with E-state index in [0.29, 0.717) is 18.9 Å². The number of halogens is 2. The Balaban J connectivity index is 0.00000225. The largest absolute Gasteiger partial charge is 0.377 e. The van der Waals surface area contributed by atoms with E-state index in [9.17, 15) is 4.79 Å². The van der Waals surface area contributed by atoms with Gasteiger partial charge in [0.15, 0.2) is 0 Å². The molecule has 136 valence electrons. The van der Waals surface area contributed by atoms with Gasteiger partial charge in [0.1, 0.15) is 5.82 Å². The van der Waals surface area contributed by atoms with Crippen molar-refractivity contribution in [2.75, 3.05) is 25.0 Å². The first kappa shape index (κ1) is 19.9. The molecule has 2 heterocycles. The smallest absolute Gasteiger partial charge is 0.239 e. The van der Waals surface area contributed by atoms with Crippen molar-refractivity contribution in [1.29, 1.82) is 0 Å². The van der Waals surface area contributed by atoms with Crippen molar-refractivity contribution in [3.63, 3.8) is 0 Å². The minimum atomic E-state index is -0.0782. The SMILES string of the molecule is Cl.O=C(CNCC1CCCO1)Nc1ccnn1Cc1ccc(Br)cc1. The maximum Gasteiger partial charge on any atom is 0.239 e. The Kier molecular flexibility index (Phi) is 7.90. The van der Waals surface area contributed by atoms with E-state index in [0.717, 1.165) is 29.5 Å². The van der Waals surface area contributed by atoms with Crippen LogP contribution in [0.5, 0.6) is 0 Å². The van der Waals surface area contributed by atoms with Gasteiger partial charge in [0.2, 0.25) is 5.91 Å². The number of nitrogens with zero attached hydrogens (tertiary/aromatic N) is 2. The number of amides is 1. The maximum atomic E-state index is 12.1. The van der Waals surface area contributed by atoms with E-state index >= 15 is 0 Å². The van der Waals surface area contributed by atoms with Gasteiger partial charge in [-0.2, -0.15) is 5.10 Å². The number of anilines is 1. The average molecular weight is 430 g/mol. The second-order valence-corrected chi connectivity index (χ2v) is 6.73. The Labute approximate surface area is 161 Å². The second kappa shape index (κ2) is 9.91. The Morgan fingerprint density at radius 3 is 2.84 bits per heavy atom. The number of ether oxygens (including phenoxy) is 1. The van der Waals surface area contributed by atoms with Crippen LogP contribution in [0.3, 0.4) is 0 Å². The molecule has 1 amide bonds. The maximum absolute atomic E-state index is 12.1. The van der Waals surface area contributed by atoms with E-state index in [1.807, 2.05) is 24.3 Å². The van der Waals surface area contributed by atoms with E-state index < -0.39 is 0 Å². The fourth-order valence-corrected chi connectivity index (χ4v) is 2.93. The normalized spacial score (nSPS) is 16.4.